The Balaban J connectivity index is 1.86. The number of morpholine rings is 1. The highest BCUT2D eigenvalue weighted by molar-refractivity contribution is 14.1. The Kier molecular flexibility index (Phi) is 5.20. The first-order valence-corrected chi connectivity index (χ1v) is 8.90. The van der Waals surface area contributed by atoms with E-state index in [-0.39, 0.29) is 4.11 Å². The van der Waals surface area contributed by atoms with Crippen molar-refractivity contribution in [2.45, 2.75) is 17.5 Å². The molecule has 2 aliphatic heterocycles. The van der Waals surface area contributed by atoms with E-state index in [1.54, 1.807) is 0 Å². The Bertz CT molecular complexity index is 561. The van der Waals surface area contributed by atoms with Crippen molar-refractivity contribution in [2.24, 2.45) is 4.99 Å². The number of benzene rings is 1. The predicted molar refractivity (Wildman–Crippen MR) is 97.3 cm³/mol. The van der Waals surface area contributed by atoms with Crippen LogP contribution >= 0.6 is 22.6 Å². The molecule has 0 bridgehead atoms. The zero-order chi connectivity index (χ0) is 15.4. The number of aliphatic imine (C=N–C) groups is 1. The van der Waals surface area contributed by atoms with Crippen LogP contribution in [0.5, 0.6) is 0 Å². The Labute approximate surface area is 145 Å². The number of hydrogen-bond donors (Lipinski definition) is 1. The van der Waals surface area contributed by atoms with Crippen LogP contribution in [0.2, 0.25) is 0 Å². The molecule has 0 radical (unpaired) electrons. The van der Waals surface area contributed by atoms with Crippen molar-refractivity contribution in [3.8, 4) is 0 Å². The second-order valence-corrected chi connectivity index (χ2v) is 6.74. The molecule has 0 spiro atoms. The van der Waals surface area contributed by atoms with Gasteiger partial charge >= 0.3 is 0 Å². The number of halogens is 1. The van der Waals surface area contributed by atoms with Crippen molar-refractivity contribution in [2.75, 3.05) is 26.2 Å². The summed E-state index contributed by atoms with van der Waals surface area (Å²) in [6.07, 6.45) is 3.17. The van der Waals surface area contributed by atoms with Crippen molar-refractivity contribution in [3.63, 3.8) is 0 Å². The maximum absolute atomic E-state index is 5.62. The largest absolute Gasteiger partial charge is 0.364 e. The lowest BCUT2D eigenvalue weighted by atomic mass is 10.1. The fourth-order valence-corrected chi connectivity index (χ4v) is 3.26. The molecule has 1 atom stereocenters. The van der Waals surface area contributed by atoms with Crippen LogP contribution in [0, 0.1) is 0 Å². The summed E-state index contributed by atoms with van der Waals surface area (Å²) >= 11 is 2.33. The summed E-state index contributed by atoms with van der Waals surface area (Å²) in [5.74, 6) is 0.916. The smallest absolute Gasteiger partial charge is 0.218 e. The predicted octanol–water partition coefficient (Wildman–Crippen LogP) is 2.66. The quantitative estimate of drug-likeness (QED) is 0.613. The Morgan fingerprint density at radius 3 is 2.91 bits per heavy atom. The van der Waals surface area contributed by atoms with Crippen LogP contribution in [0.15, 0.2) is 41.5 Å². The van der Waals surface area contributed by atoms with Crippen LogP contribution in [0.3, 0.4) is 0 Å². The van der Waals surface area contributed by atoms with Crippen molar-refractivity contribution >= 4 is 34.2 Å². The van der Waals surface area contributed by atoms with Crippen LogP contribution in [-0.2, 0) is 4.74 Å². The third kappa shape index (κ3) is 3.73. The van der Waals surface area contributed by atoms with Crippen molar-refractivity contribution < 1.29 is 4.74 Å². The molecule has 22 heavy (non-hydrogen) atoms. The standard InChI is InChI=1S/C16H21IN4O/c1-2-8-21-11-14(13-6-4-3-5-7-13)18-16(19-21)20-9-10-22-15(17)12-20/h3-7,11,15H,2,8-10,12H2,1H3,(H,18,19)/t15-/m1/s1. The number of hydrazine groups is 1. The van der Waals surface area contributed by atoms with Crippen molar-refractivity contribution in [1.82, 2.24) is 15.3 Å². The first-order valence-electron chi connectivity index (χ1n) is 7.66. The summed E-state index contributed by atoms with van der Waals surface area (Å²) in [7, 11) is 0. The third-order valence-electron chi connectivity index (χ3n) is 3.61. The van der Waals surface area contributed by atoms with Gasteiger partial charge in [0.1, 0.15) is 4.11 Å². The zero-order valence-corrected chi connectivity index (χ0v) is 14.9. The van der Waals surface area contributed by atoms with E-state index in [1.807, 2.05) is 18.2 Å². The topological polar surface area (TPSA) is 40.1 Å². The van der Waals surface area contributed by atoms with E-state index in [0.717, 1.165) is 49.9 Å². The summed E-state index contributed by atoms with van der Waals surface area (Å²) in [6.45, 7) is 5.60. The molecule has 6 heteroatoms. The second kappa shape index (κ2) is 7.32. The normalized spacial score (nSPS) is 22.0. The van der Waals surface area contributed by atoms with E-state index >= 15 is 0 Å². The van der Waals surface area contributed by atoms with E-state index in [0.29, 0.717) is 0 Å². The average Bonchev–Trinajstić information content (AvgIpc) is 2.56. The molecular formula is C16H21IN4O. The third-order valence-corrected chi connectivity index (χ3v) is 4.36. The van der Waals surface area contributed by atoms with Gasteiger partial charge < -0.3 is 9.64 Å². The first kappa shape index (κ1) is 15.6. The summed E-state index contributed by atoms with van der Waals surface area (Å²) in [5.41, 5.74) is 5.56. The van der Waals surface area contributed by atoms with Gasteiger partial charge in [-0.05, 0) is 29.0 Å². The van der Waals surface area contributed by atoms with Crippen LogP contribution in [0.1, 0.15) is 18.9 Å². The Morgan fingerprint density at radius 1 is 1.36 bits per heavy atom. The fraction of sp³-hybridized carbons (Fsp3) is 0.438. The summed E-state index contributed by atoms with van der Waals surface area (Å²) < 4.78 is 5.83. The van der Waals surface area contributed by atoms with Gasteiger partial charge in [-0.2, -0.15) is 0 Å². The van der Waals surface area contributed by atoms with Gasteiger partial charge in [-0.15, -0.1) is 0 Å². The fourth-order valence-electron chi connectivity index (χ4n) is 2.53. The minimum Gasteiger partial charge on any atom is -0.364 e. The molecule has 1 saturated heterocycles. The number of rotatable bonds is 3. The van der Waals surface area contributed by atoms with Gasteiger partial charge in [0.25, 0.3) is 0 Å². The Hall–Kier alpha value is -1.28. The molecular weight excluding hydrogens is 391 g/mol. The van der Waals surface area contributed by atoms with E-state index in [2.05, 4.69) is 63.2 Å². The van der Waals surface area contributed by atoms with Gasteiger partial charge in [0.15, 0.2) is 0 Å². The maximum Gasteiger partial charge on any atom is 0.218 e. The molecule has 5 nitrogen and oxygen atoms in total. The van der Waals surface area contributed by atoms with Crippen LogP contribution in [0.25, 0.3) is 5.70 Å². The number of nitrogens with zero attached hydrogens (tertiary/aromatic N) is 3. The summed E-state index contributed by atoms with van der Waals surface area (Å²) in [6, 6.07) is 10.3. The van der Waals surface area contributed by atoms with Gasteiger partial charge in [-0.25, -0.2) is 4.99 Å². The van der Waals surface area contributed by atoms with E-state index in [4.69, 9.17) is 9.73 Å². The molecule has 1 fully saturated rings. The molecule has 0 aromatic heterocycles. The minimum absolute atomic E-state index is 0.210. The molecule has 2 aliphatic rings. The van der Waals surface area contributed by atoms with E-state index in [9.17, 15) is 0 Å². The highest BCUT2D eigenvalue weighted by atomic mass is 127. The monoisotopic (exact) mass is 412 g/mol. The Morgan fingerprint density at radius 2 is 2.18 bits per heavy atom. The van der Waals surface area contributed by atoms with Crippen LogP contribution in [0.4, 0.5) is 0 Å². The van der Waals surface area contributed by atoms with Crippen LogP contribution < -0.4 is 5.43 Å². The zero-order valence-electron chi connectivity index (χ0n) is 12.7. The summed E-state index contributed by atoms with van der Waals surface area (Å²) in [4.78, 5) is 7.10. The van der Waals surface area contributed by atoms with Gasteiger partial charge in [0, 0.05) is 24.9 Å². The molecule has 0 aliphatic carbocycles. The van der Waals surface area contributed by atoms with E-state index < -0.39 is 0 Å². The van der Waals surface area contributed by atoms with Gasteiger partial charge in [-0.1, -0.05) is 37.3 Å². The molecule has 2 heterocycles. The highest BCUT2D eigenvalue weighted by Gasteiger charge is 2.24. The molecule has 118 valence electrons. The number of hydrogen-bond acceptors (Lipinski definition) is 5. The molecule has 1 N–H and O–H groups in total. The molecule has 0 saturated carbocycles. The van der Waals surface area contributed by atoms with Gasteiger partial charge in [0.05, 0.1) is 18.8 Å². The van der Waals surface area contributed by atoms with Crippen molar-refractivity contribution in [1.29, 1.82) is 0 Å². The number of nitrogens with one attached hydrogen (secondary N) is 1. The number of ether oxygens (including phenoxy) is 1. The maximum atomic E-state index is 5.62. The molecule has 1 aromatic rings. The van der Waals surface area contributed by atoms with E-state index in [1.165, 1.54) is 0 Å². The SMILES string of the molecule is CCCN1C=C(c2ccccc2)N=C(N2CCO[C@@H](I)C2)N1. The molecule has 0 unspecified atom stereocenters. The number of alkyl halides is 1. The van der Waals surface area contributed by atoms with Gasteiger partial charge in [0.2, 0.25) is 5.96 Å². The lowest BCUT2D eigenvalue weighted by Gasteiger charge is -2.37. The average molecular weight is 412 g/mol. The van der Waals surface area contributed by atoms with Crippen LogP contribution in [-0.4, -0.2) is 46.2 Å². The first-order chi connectivity index (χ1) is 10.8. The summed E-state index contributed by atoms with van der Waals surface area (Å²) in [5, 5.41) is 2.13. The molecule has 3 rings (SSSR count). The lowest BCUT2D eigenvalue weighted by molar-refractivity contribution is 0.0522. The molecule has 1 aromatic carbocycles. The lowest BCUT2D eigenvalue weighted by Crippen LogP contribution is -2.54. The number of guanidine groups is 1. The minimum atomic E-state index is 0.210. The van der Waals surface area contributed by atoms with Crippen molar-refractivity contribution in [3.05, 3.63) is 42.1 Å². The highest BCUT2D eigenvalue weighted by Crippen LogP contribution is 2.21. The van der Waals surface area contributed by atoms with Gasteiger partial charge in [-0.3, -0.25) is 10.4 Å². The molecule has 0 amide bonds. The second-order valence-electron chi connectivity index (χ2n) is 5.35.